The summed E-state index contributed by atoms with van der Waals surface area (Å²) in [5, 5.41) is 0. The van der Waals surface area contributed by atoms with Crippen LogP contribution in [0.3, 0.4) is 0 Å². The molecular formula is C18H20NO2. The number of piperidine rings is 1. The van der Waals surface area contributed by atoms with Crippen LogP contribution in [0.1, 0.15) is 29.6 Å². The second-order valence-corrected chi connectivity index (χ2v) is 5.41. The van der Waals surface area contributed by atoms with E-state index in [4.69, 9.17) is 4.74 Å². The van der Waals surface area contributed by atoms with Crippen molar-refractivity contribution in [1.82, 2.24) is 4.90 Å². The Morgan fingerprint density at radius 3 is 2.57 bits per heavy atom. The summed E-state index contributed by atoms with van der Waals surface area (Å²) in [5.74, 6) is 1.09. The number of rotatable bonds is 3. The molecular weight excluding hydrogens is 262 g/mol. The Balaban J connectivity index is 1.52. The van der Waals surface area contributed by atoms with Gasteiger partial charge in [0.2, 0.25) is 0 Å². The topological polar surface area (TPSA) is 29.5 Å². The predicted octanol–water partition coefficient (Wildman–Crippen LogP) is 3.36. The Kier molecular flexibility index (Phi) is 4.39. The van der Waals surface area contributed by atoms with E-state index in [0.717, 1.165) is 43.7 Å². The van der Waals surface area contributed by atoms with Crippen LogP contribution in [-0.4, -0.2) is 30.0 Å². The second-order valence-electron chi connectivity index (χ2n) is 5.41. The van der Waals surface area contributed by atoms with E-state index in [0.29, 0.717) is 0 Å². The molecule has 3 rings (SSSR count). The Hall–Kier alpha value is -2.03. The van der Waals surface area contributed by atoms with Crippen molar-refractivity contribution >= 4 is 5.91 Å². The number of carbonyl (C=O) groups is 1. The number of ether oxygens (including phenoxy) is 1. The molecule has 1 aromatic rings. The zero-order valence-corrected chi connectivity index (χ0v) is 12.1. The smallest absolute Gasteiger partial charge is 0.253 e. The van der Waals surface area contributed by atoms with E-state index in [1.54, 1.807) is 0 Å². The van der Waals surface area contributed by atoms with Crippen LogP contribution in [0.15, 0.2) is 54.3 Å². The fourth-order valence-electron chi connectivity index (χ4n) is 2.71. The van der Waals surface area contributed by atoms with Crippen LogP contribution in [-0.2, 0) is 4.74 Å². The summed E-state index contributed by atoms with van der Waals surface area (Å²) in [6.07, 6.45) is 11.2. The van der Waals surface area contributed by atoms with Gasteiger partial charge in [-0.1, -0.05) is 24.3 Å². The standard InChI is InChI=1S/C18H20NO2/c20-18(15-7-3-1-4-8-15)19-13-11-17(12-14-19)21-16-9-5-2-6-10-16/h1-5,7-10,17H,6,11-14H2. The van der Waals surface area contributed by atoms with Crippen LogP contribution in [0.5, 0.6) is 0 Å². The van der Waals surface area contributed by atoms with Gasteiger partial charge in [-0.3, -0.25) is 4.79 Å². The number of amides is 1. The van der Waals surface area contributed by atoms with E-state index in [9.17, 15) is 4.79 Å². The number of hydrogen-bond acceptors (Lipinski definition) is 2. The third kappa shape index (κ3) is 3.54. The highest BCUT2D eigenvalue weighted by Gasteiger charge is 2.24. The third-order valence-corrected chi connectivity index (χ3v) is 3.90. The molecule has 1 saturated heterocycles. The van der Waals surface area contributed by atoms with E-state index in [1.165, 1.54) is 0 Å². The van der Waals surface area contributed by atoms with Crippen LogP contribution < -0.4 is 0 Å². The Morgan fingerprint density at radius 2 is 1.90 bits per heavy atom. The highest BCUT2D eigenvalue weighted by Crippen LogP contribution is 2.21. The van der Waals surface area contributed by atoms with Gasteiger partial charge in [-0.25, -0.2) is 0 Å². The summed E-state index contributed by atoms with van der Waals surface area (Å²) < 4.78 is 5.98. The molecule has 109 valence electrons. The number of hydrogen-bond donors (Lipinski definition) is 0. The molecule has 3 heteroatoms. The molecule has 0 unspecified atom stereocenters. The Labute approximate surface area is 125 Å². The van der Waals surface area contributed by atoms with Gasteiger partial charge in [-0.05, 0) is 37.1 Å². The van der Waals surface area contributed by atoms with Gasteiger partial charge in [0, 0.05) is 31.5 Å². The molecule has 0 saturated carbocycles. The van der Waals surface area contributed by atoms with Gasteiger partial charge in [-0.2, -0.15) is 0 Å². The van der Waals surface area contributed by atoms with Crippen LogP contribution in [0.4, 0.5) is 0 Å². The molecule has 1 radical (unpaired) electrons. The van der Waals surface area contributed by atoms with Crippen LogP contribution >= 0.6 is 0 Å². The van der Waals surface area contributed by atoms with Gasteiger partial charge in [0.15, 0.2) is 0 Å². The molecule has 0 atom stereocenters. The maximum Gasteiger partial charge on any atom is 0.253 e. The maximum absolute atomic E-state index is 12.4. The number of allylic oxidation sites excluding steroid dienone is 3. The van der Waals surface area contributed by atoms with Crippen molar-refractivity contribution in [3.05, 3.63) is 66.3 Å². The van der Waals surface area contributed by atoms with Crippen LogP contribution in [0, 0.1) is 6.42 Å². The van der Waals surface area contributed by atoms with Crippen molar-refractivity contribution in [3.8, 4) is 0 Å². The first kappa shape index (κ1) is 13.9. The molecule has 0 bridgehead atoms. The quantitative estimate of drug-likeness (QED) is 0.851. The number of carbonyl (C=O) groups excluding carboxylic acids is 1. The van der Waals surface area contributed by atoms with Crippen molar-refractivity contribution in [2.45, 2.75) is 25.4 Å². The lowest BCUT2D eigenvalue weighted by Crippen LogP contribution is -2.40. The predicted molar refractivity (Wildman–Crippen MR) is 82.6 cm³/mol. The molecule has 3 nitrogen and oxygen atoms in total. The molecule has 0 spiro atoms. The number of benzene rings is 1. The van der Waals surface area contributed by atoms with E-state index < -0.39 is 0 Å². The minimum absolute atomic E-state index is 0.125. The summed E-state index contributed by atoms with van der Waals surface area (Å²) in [6.45, 7) is 1.53. The molecule has 0 N–H and O–H groups in total. The maximum atomic E-state index is 12.4. The first-order valence-electron chi connectivity index (χ1n) is 7.54. The Bertz CT molecular complexity index is 540. The zero-order valence-electron chi connectivity index (χ0n) is 12.1. The summed E-state index contributed by atoms with van der Waals surface area (Å²) >= 11 is 0. The zero-order chi connectivity index (χ0) is 14.5. The summed E-state index contributed by atoms with van der Waals surface area (Å²) in [5.41, 5.74) is 0.769. The SMILES string of the molecule is O=C(c1ccccc1)N1CCC(OC2=CC[CH]C=C2)CC1. The highest BCUT2D eigenvalue weighted by molar-refractivity contribution is 5.94. The molecule has 1 aliphatic carbocycles. The first-order valence-corrected chi connectivity index (χ1v) is 7.54. The lowest BCUT2D eigenvalue weighted by molar-refractivity contribution is 0.0435. The molecule has 0 aromatic heterocycles. The van der Waals surface area contributed by atoms with Crippen molar-refractivity contribution in [3.63, 3.8) is 0 Å². The van der Waals surface area contributed by atoms with E-state index in [-0.39, 0.29) is 12.0 Å². The summed E-state index contributed by atoms with van der Waals surface area (Å²) in [7, 11) is 0. The molecule has 1 heterocycles. The van der Waals surface area contributed by atoms with Crippen molar-refractivity contribution < 1.29 is 9.53 Å². The summed E-state index contributed by atoms with van der Waals surface area (Å²) in [6, 6.07) is 9.49. The van der Waals surface area contributed by atoms with Crippen LogP contribution in [0.25, 0.3) is 0 Å². The molecule has 1 fully saturated rings. The van der Waals surface area contributed by atoms with E-state index in [2.05, 4.69) is 12.5 Å². The van der Waals surface area contributed by atoms with Gasteiger partial charge in [-0.15, -0.1) is 0 Å². The average molecular weight is 282 g/mol. The lowest BCUT2D eigenvalue weighted by atomic mass is 10.1. The van der Waals surface area contributed by atoms with Crippen molar-refractivity contribution in [1.29, 1.82) is 0 Å². The normalized spacial score (nSPS) is 19.2. The lowest BCUT2D eigenvalue weighted by Gasteiger charge is -2.32. The largest absolute Gasteiger partial charge is 0.491 e. The molecule has 2 aliphatic rings. The van der Waals surface area contributed by atoms with Gasteiger partial charge in [0.25, 0.3) is 5.91 Å². The van der Waals surface area contributed by atoms with E-state index >= 15 is 0 Å². The Morgan fingerprint density at radius 1 is 1.14 bits per heavy atom. The molecule has 1 amide bonds. The second kappa shape index (κ2) is 6.61. The highest BCUT2D eigenvalue weighted by atomic mass is 16.5. The summed E-state index contributed by atoms with van der Waals surface area (Å²) in [4.78, 5) is 14.3. The van der Waals surface area contributed by atoms with Gasteiger partial charge in [0.05, 0.1) is 0 Å². The van der Waals surface area contributed by atoms with Gasteiger partial charge in [0.1, 0.15) is 11.9 Å². The van der Waals surface area contributed by atoms with Gasteiger partial charge < -0.3 is 9.64 Å². The first-order chi connectivity index (χ1) is 10.3. The monoisotopic (exact) mass is 282 g/mol. The minimum atomic E-state index is 0.125. The third-order valence-electron chi connectivity index (χ3n) is 3.90. The molecule has 1 aliphatic heterocycles. The van der Waals surface area contributed by atoms with Crippen molar-refractivity contribution in [2.75, 3.05) is 13.1 Å². The minimum Gasteiger partial charge on any atom is -0.491 e. The fourth-order valence-corrected chi connectivity index (χ4v) is 2.71. The van der Waals surface area contributed by atoms with Crippen molar-refractivity contribution in [2.24, 2.45) is 0 Å². The van der Waals surface area contributed by atoms with Crippen LogP contribution in [0.2, 0.25) is 0 Å². The van der Waals surface area contributed by atoms with E-state index in [1.807, 2.05) is 47.4 Å². The van der Waals surface area contributed by atoms with Gasteiger partial charge >= 0.3 is 0 Å². The number of likely N-dealkylation sites (tertiary alicyclic amines) is 1. The number of nitrogens with zero attached hydrogens (tertiary/aromatic N) is 1. The molecule has 1 aromatic carbocycles. The average Bonchev–Trinajstić information content (AvgIpc) is 2.57. The fraction of sp³-hybridized carbons (Fsp3) is 0.333. The molecule has 21 heavy (non-hydrogen) atoms.